The first-order valence-corrected chi connectivity index (χ1v) is 9.82. The molecule has 2 rings (SSSR count). The minimum absolute atomic E-state index is 0.324. The number of nitrogens with one attached hydrogen (secondary N) is 2. The summed E-state index contributed by atoms with van der Waals surface area (Å²) in [6.07, 6.45) is 7.89. The second kappa shape index (κ2) is 11.2. The summed E-state index contributed by atoms with van der Waals surface area (Å²) in [5.41, 5.74) is 0.324. The van der Waals surface area contributed by atoms with E-state index in [4.69, 9.17) is 21.1 Å². The Kier molecular flexibility index (Phi) is 8.98. The fourth-order valence-corrected chi connectivity index (χ4v) is 3.54. The van der Waals surface area contributed by atoms with Gasteiger partial charge in [0.1, 0.15) is 11.6 Å². The summed E-state index contributed by atoms with van der Waals surface area (Å²) < 4.78 is 11.2. The Balaban J connectivity index is 1.72. The van der Waals surface area contributed by atoms with Gasteiger partial charge in [-0.2, -0.15) is 0 Å². The number of pyridine rings is 1. The molecule has 0 radical (unpaired) electrons. The van der Waals surface area contributed by atoms with Gasteiger partial charge in [0.25, 0.3) is 0 Å². The number of nitrogens with zero attached hydrogens (tertiary/aromatic N) is 2. The molecule has 7 heteroatoms. The second-order valence-corrected chi connectivity index (χ2v) is 7.05. The van der Waals surface area contributed by atoms with Crippen LogP contribution < -0.4 is 15.4 Å². The van der Waals surface area contributed by atoms with Crippen molar-refractivity contribution in [3.8, 4) is 5.88 Å². The molecule has 0 amide bonds. The predicted molar refractivity (Wildman–Crippen MR) is 106 cm³/mol. The van der Waals surface area contributed by atoms with Crippen molar-refractivity contribution in [3.05, 3.63) is 23.4 Å². The van der Waals surface area contributed by atoms with Crippen LogP contribution in [0.1, 0.15) is 39.0 Å². The van der Waals surface area contributed by atoms with Crippen LogP contribution in [0.15, 0.2) is 23.3 Å². The molecule has 146 valence electrons. The molecule has 2 N–H and O–H groups in total. The zero-order valence-corrected chi connectivity index (χ0v) is 16.6. The average molecular weight is 383 g/mol. The van der Waals surface area contributed by atoms with Gasteiger partial charge in [-0.05, 0) is 43.7 Å². The van der Waals surface area contributed by atoms with E-state index in [9.17, 15) is 0 Å². The topological polar surface area (TPSA) is 67.8 Å². The molecule has 0 spiro atoms. The maximum Gasteiger partial charge on any atom is 0.232 e. The highest BCUT2D eigenvalue weighted by Crippen LogP contribution is 2.40. The molecule has 1 aromatic rings. The maximum absolute atomic E-state index is 6.03. The number of hydrogen-bond acceptors (Lipinski definition) is 4. The quantitative estimate of drug-likeness (QED) is 0.369. The zero-order chi connectivity index (χ0) is 18.7. The first-order chi connectivity index (χ1) is 12.7. The van der Waals surface area contributed by atoms with Crippen LogP contribution in [0.5, 0.6) is 5.88 Å². The lowest BCUT2D eigenvalue weighted by atomic mass is 9.83. The van der Waals surface area contributed by atoms with Gasteiger partial charge in [0.15, 0.2) is 5.96 Å². The molecule has 0 aliphatic heterocycles. The van der Waals surface area contributed by atoms with Gasteiger partial charge in [-0.25, -0.2) is 4.98 Å². The molecule has 0 aromatic carbocycles. The average Bonchev–Trinajstić information content (AvgIpc) is 3.12. The molecule has 0 saturated heterocycles. The number of ether oxygens (including phenoxy) is 2. The van der Waals surface area contributed by atoms with E-state index in [1.807, 2.05) is 6.92 Å². The molecular formula is C19H31ClN4O2. The van der Waals surface area contributed by atoms with Crippen LogP contribution in [0, 0.1) is 5.41 Å². The minimum Gasteiger partial charge on any atom is -0.475 e. The fraction of sp³-hybridized carbons (Fsp3) is 0.684. The van der Waals surface area contributed by atoms with E-state index in [0.717, 1.165) is 32.1 Å². The third kappa shape index (κ3) is 6.65. The van der Waals surface area contributed by atoms with E-state index in [-0.39, 0.29) is 0 Å². The summed E-state index contributed by atoms with van der Waals surface area (Å²) >= 11 is 6.03. The van der Waals surface area contributed by atoms with Gasteiger partial charge in [-0.1, -0.05) is 24.4 Å². The molecule has 0 atom stereocenters. The van der Waals surface area contributed by atoms with E-state index in [1.165, 1.54) is 25.7 Å². The van der Waals surface area contributed by atoms with E-state index >= 15 is 0 Å². The fourth-order valence-electron chi connectivity index (χ4n) is 3.36. The van der Waals surface area contributed by atoms with Gasteiger partial charge in [0, 0.05) is 33.0 Å². The molecule has 6 nitrogen and oxygen atoms in total. The Morgan fingerprint density at radius 3 is 2.81 bits per heavy atom. The van der Waals surface area contributed by atoms with Crippen molar-refractivity contribution in [1.29, 1.82) is 0 Å². The SMILES string of the molecule is CCOCCC1(CNC(=NC)NCCOc2ncccc2Cl)CCCC1. The lowest BCUT2D eigenvalue weighted by molar-refractivity contribution is 0.105. The summed E-state index contributed by atoms with van der Waals surface area (Å²) in [4.78, 5) is 8.41. The van der Waals surface area contributed by atoms with Crippen LogP contribution in [0.25, 0.3) is 0 Å². The summed E-state index contributed by atoms with van der Waals surface area (Å²) in [5, 5.41) is 7.28. The number of aliphatic imine (C=N–C) groups is 1. The summed E-state index contributed by atoms with van der Waals surface area (Å²) in [5.74, 6) is 1.25. The van der Waals surface area contributed by atoms with E-state index in [0.29, 0.717) is 29.5 Å². The van der Waals surface area contributed by atoms with Gasteiger partial charge < -0.3 is 20.1 Å². The van der Waals surface area contributed by atoms with Crippen molar-refractivity contribution >= 4 is 17.6 Å². The standard InChI is InChI=1S/C19H31ClN4O2/c1-3-25-13-10-19(8-4-5-9-19)15-24-18(21-2)23-12-14-26-17-16(20)7-6-11-22-17/h6-7,11H,3-5,8-10,12-15H2,1-2H3,(H2,21,23,24). The highest BCUT2D eigenvalue weighted by molar-refractivity contribution is 6.31. The molecule has 26 heavy (non-hydrogen) atoms. The normalized spacial score (nSPS) is 16.5. The van der Waals surface area contributed by atoms with Crippen LogP contribution in [-0.4, -0.2) is 50.9 Å². The molecule has 1 aromatic heterocycles. The largest absolute Gasteiger partial charge is 0.475 e. The second-order valence-electron chi connectivity index (χ2n) is 6.65. The van der Waals surface area contributed by atoms with Crippen LogP contribution in [-0.2, 0) is 4.74 Å². The predicted octanol–water partition coefficient (Wildman–Crippen LogP) is 3.27. The van der Waals surface area contributed by atoms with Crippen molar-refractivity contribution in [3.63, 3.8) is 0 Å². The lowest BCUT2D eigenvalue weighted by Crippen LogP contribution is -2.44. The van der Waals surface area contributed by atoms with Crippen molar-refractivity contribution < 1.29 is 9.47 Å². The van der Waals surface area contributed by atoms with Crippen LogP contribution in [0.2, 0.25) is 5.02 Å². The molecule has 1 fully saturated rings. The van der Waals surface area contributed by atoms with Crippen molar-refractivity contribution in [2.45, 2.75) is 39.0 Å². The highest BCUT2D eigenvalue weighted by atomic mass is 35.5. The molecule has 1 saturated carbocycles. The number of halogens is 1. The molecule has 1 heterocycles. The number of guanidine groups is 1. The lowest BCUT2D eigenvalue weighted by Gasteiger charge is -2.30. The van der Waals surface area contributed by atoms with E-state index in [2.05, 4.69) is 20.6 Å². The number of aromatic nitrogens is 1. The Hall–Kier alpha value is -1.53. The molecule has 1 aliphatic rings. The summed E-state index contributed by atoms with van der Waals surface area (Å²) in [6.45, 7) is 5.68. The molecule has 0 bridgehead atoms. The Bertz CT molecular complexity index is 562. The molecule has 1 aliphatic carbocycles. The number of hydrogen-bond donors (Lipinski definition) is 2. The van der Waals surface area contributed by atoms with Crippen LogP contribution >= 0.6 is 11.6 Å². The smallest absolute Gasteiger partial charge is 0.232 e. The third-order valence-electron chi connectivity index (χ3n) is 4.86. The highest BCUT2D eigenvalue weighted by Gasteiger charge is 2.33. The van der Waals surface area contributed by atoms with Gasteiger partial charge in [-0.3, -0.25) is 4.99 Å². The molecule has 0 unspecified atom stereocenters. The zero-order valence-electron chi connectivity index (χ0n) is 15.9. The van der Waals surface area contributed by atoms with Gasteiger partial charge >= 0.3 is 0 Å². The van der Waals surface area contributed by atoms with Crippen molar-refractivity contribution in [2.75, 3.05) is 40.0 Å². The van der Waals surface area contributed by atoms with Gasteiger partial charge in [-0.15, -0.1) is 0 Å². The number of rotatable bonds is 10. The van der Waals surface area contributed by atoms with Crippen molar-refractivity contribution in [2.24, 2.45) is 10.4 Å². The Morgan fingerprint density at radius 2 is 2.12 bits per heavy atom. The Morgan fingerprint density at radius 1 is 1.31 bits per heavy atom. The first kappa shape index (κ1) is 20.8. The molecular weight excluding hydrogens is 352 g/mol. The van der Waals surface area contributed by atoms with Crippen LogP contribution in [0.4, 0.5) is 0 Å². The Labute approximate surface area is 161 Å². The first-order valence-electron chi connectivity index (χ1n) is 9.45. The maximum atomic E-state index is 6.03. The van der Waals surface area contributed by atoms with Gasteiger partial charge in [0.2, 0.25) is 5.88 Å². The van der Waals surface area contributed by atoms with Crippen molar-refractivity contribution in [1.82, 2.24) is 15.6 Å². The monoisotopic (exact) mass is 382 g/mol. The summed E-state index contributed by atoms with van der Waals surface area (Å²) in [6, 6.07) is 3.55. The van der Waals surface area contributed by atoms with E-state index < -0.39 is 0 Å². The van der Waals surface area contributed by atoms with Crippen LogP contribution in [0.3, 0.4) is 0 Å². The van der Waals surface area contributed by atoms with E-state index in [1.54, 1.807) is 25.4 Å². The minimum atomic E-state index is 0.324. The van der Waals surface area contributed by atoms with Gasteiger partial charge in [0.05, 0.1) is 6.54 Å². The summed E-state index contributed by atoms with van der Waals surface area (Å²) in [7, 11) is 1.79. The third-order valence-corrected chi connectivity index (χ3v) is 5.15.